The van der Waals surface area contributed by atoms with E-state index >= 15 is 0 Å². The molecule has 2 aromatic carbocycles. The molecule has 1 amide bonds. The third-order valence-corrected chi connectivity index (χ3v) is 5.03. The molecule has 3 N–H and O–H groups in total. The monoisotopic (exact) mass is 400 g/mol. The second-order valence-electron chi connectivity index (χ2n) is 6.13. The van der Waals surface area contributed by atoms with Crippen LogP contribution in [0, 0.1) is 13.8 Å². The largest absolute Gasteiger partial charge is 0.478 e. The maximum Gasteiger partial charge on any atom is 0.442 e. The lowest BCUT2D eigenvalue weighted by atomic mass is 10.1. The van der Waals surface area contributed by atoms with E-state index in [0.29, 0.717) is 11.4 Å². The molecular weight excluding hydrogens is 382 g/mol. The summed E-state index contributed by atoms with van der Waals surface area (Å²) < 4.78 is 6.32. The van der Waals surface area contributed by atoms with Gasteiger partial charge in [-0.25, -0.2) is 9.59 Å². The summed E-state index contributed by atoms with van der Waals surface area (Å²) in [6.45, 7) is 3.72. The molecule has 0 atom stereocenters. The van der Waals surface area contributed by atoms with Crippen molar-refractivity contribution in [2.75, 3.05) is 11.1 Å². The number of aromatic carboxylic acids is 1. The Bertz CT molecular complexity index is 1090. The molecule has 0 saturated carbocycles. The average molecular weight is 400 g/mol. The van der Waals surface area contributed by atoms with Gasteiger partial charge in [0.15, 0.2) is 0 Å². The summed E-state index contributed by atoms with van der Waals surface area (Å²) in [7, 11) is 0. The molecule has 0 spiro atoms. The van der Waals surface area contributed by atoms with Crippen molar-refractivity contribution in [3.8, 4) is 5.69 Å². The standard InChI is InChI=1S/C19H17N3O5S/c1-11-3-7-14(8-4-11)22-17(19(26)27-21-22)28-10-16(23)20-15-9-13(18(24)25)6-5-12(15)2/h3-9H,10H2,1-2H3,(H2-,20,21,23,24,25,26)/p+1. The maximum atomic E-state index is 12.3. The Balaban J connectivity index is 1.73. The number of aryl methyl sites for hydroxylation is 2. The van der Waals surface area contributed by atoms with E-state index in [2.05, 4.69) is 10.6 Å². The Labute approximate surface area is 164 Å². The Kier molecular flexibility index (Phi) is 5.65. The fourth-order valence-corrected chi connectivity index (χ4v) is 3.23. The predicted molar refractivity (Wildman–Crippen MR) is 103 cm³/mol. The zero-order chi connectivity index (χ0) is 20.3. The summed E-state index contributed by atoms with van der Waals surface area (Å²) in [6, 6.07) is 11.9. The molecule has 0 radical (unpaired) electrons. The van der Waals surface area contributed by atoms with E-state index in [1.54, 1.807) is 13.0 Å². The van der Waals surface area contributed by atoms with Crippen LogP contribution in [0.25, 0.3) is 5.69 Å². The first-order valence-corrected chi connectivity index (χ1v) is 9.31. The zero-order valence-electron chi connectivity index (χ0n) is 15.2. The van der Waals surface area contributed by atoms with Gasteiger partial charge in [-0.1, -0.05) is 23.8 Å². The van der Waals surface area contributed by atoms with Crippen LogP contribution in [0.5, 0.6) is 0 Å². The molecule has 3 aromatic rings. The second kappa shape index (κ2) is 8.13. The van der Waals surface area contributed by atoms with Gasteiger partial charge < -0.3 is 10.4 Å². The van der Waals surface area contributed by atoms with E-state index in [1.807, 2.05) is 31.2 Å². The molecule has 0 aliphatic carbocycles. The normalized spacial score (nSPS) is 10.6. The number of hydrogen-bond donors (Lipinski definition) is 3. The SMILES string of the molecule is Cc1ccc(-[n+]2[nH]oc(=O)c2SCC(=O)Nc2cc(C(=O)O)ccc2C)cc1. The minimum Gasteiger partial charge on any atom is -0.478 e. The minimum atomic E-state index is -1.08. The molecule has 0 unspecified atom stereocenters. The number of anilines is 1. The second-order valence-corrected chi connectivity index (χ2v) is 7.09. The number of rotatable bonds is 6. The van der Waals surface area contributed by atoms with E-state index < -0.39 is 11.6 Å². The third kappa shape index (κ3) is 4.32. The van der Waals surface area contributed by atoms with Crippen molar-refractivity contribution in [2.45, 2.75) is 18.9 Å². The predicted octanol–water partition coefficient (Wildman–Crippen LogP) is 2.29. The number of amides is 1. The number of aromatic amines is 1. The van der Waals surface area contributed by atoms with Crippen LogP contribution in [0.15, 0.2) is 56.8 Å². The molecule has 144 valence electrons. The van der Waals surface area contributed by atoms with Crippen LogP contribution in [0.2, 0.25) is 0 Å². The number of aromatic nitrogens is 2. The fraction of sp³-hybridized carbons (Fsp3) is 0.158. The van der Waals surface area contributed by atoms with Gasteiger partial charge in [-0.3, -0.25) is 9.32 Å². The topological polar surface area (TPSA) is 116 Å². The first-order chi connectivity index (χ1) is 13.3. The Morgan fingerprint density at radius 3 is 2.57 bits per heavy atom. The van der Waals surface area contributed by atoms with Crippen molar-refractivity contribution >= 4 is 29.3 Å². The highest BCUT2D eigenvalue weighted by Gasteiger charge is 2.25. The van der Waals surface area contributed by atoms with Crippen molar-refractivity contribution in [1.82, 2.24) is 5.27 Å². The Hall–Kier alpha value is -3.33. The van der Waals surface area contributed by atoms with E-state index in [9.17, 15) is 14.4 Å². The van der Waals surface area contributed by atoms with Crippen molar-refractivity contribution in [3.05, 3.63) is 69.6 Å². The van der Waals surface area contributed by atoms with Crippen molar-refractivity contribution < 1.29 is 23.9 Å². The molecule has 1 aromatic heterocycles. The zero-order valence-corrected chi connectivity index (χ0v) is 16.0. The lowest BCUT2D eigenvalue weighted by molar-refractivity contribution is -0.704. The number of carbonyl (C=O) groups excluding carboxylic acids is 1. The van der Waals surface area contributed by atoms with Crippen LogP contribution >= 0.6 is 11.8 Å². The van der Waals surface area contributed by atoms with Gasteiger partial charge in [-0.2, -0.15) is 0 Å². The first kappa shape index (κ1) is 19.4. The number of H-pyrrole nitrogens is 1. The summed E-state index contributed by atoms with van der Waals surface area (Å²) in [5.41, 5.74) is 2.42. The summed E-state index contributed by atoms with van der Waals surface area (Å²) in [6.07, 6.45) is 0. The number of benzene rings is 2. The number of carbonyl (C=O) groups is 2. The van der Waals surface area contributed by atoms with Crippen molar-refractivity contribution in [3.63, 3.8) is 0 Å². The highest BCUT2D eigenvalue weighted by Crippen LogP contribution is 2.18. The number of hydrogen-bond acceptors (Lipinski definition) is 5. The average Bonchev–Trinajstić information content (AvgIpc) is 3.03. The molecule has 3 rings (SSSR count). The van der Waals surface area contributed by atoms with E-state index in [1.165, 1.54) is 16.8 Å². The summed E-state index contributed by atoms with van der Waals surface area (Å²) in [4.78, 5) is 35.4. The number of carboxylic acids is 1. The number of carboxylic acid groups (broad SMARTS) is 1. The Morgan fingerprint density at radius 2 is 1.89 bits per heavy atom. The van der Waals surface area contributed by atoms with Gasteiger partial charge in [0, 0.05) is 17.8 Å². The van der Waals surface area contributed by atoms with Gasteiger partial charge in [0.1, 0.15) is 0 Å². The number of nitrogens with zero attached hydrogens (tertiary/aromatic N) is 1. The summed E-state index contributed by atoms with van der Waals surface area (Å²) in [5, 5.41) is 14.5. The molecular formula is C19H18N3O5S+. The quantitative estimate of drug-likeness (QED) is 0.432. The van der Waals surface area contributed by atoms with E-state index in [0.717, 1.165) is 22.9 Å². The van der Waals surface area contributed by atoms with Crippen molar-refractivity contribution in [2.24, 2.45) is 0 Å². The van der Waals surface area contributed by atoms with Gasteiger partial charge >= 0.3 is 16.6 Å². The van der Waals surface area contributed by atoms with E-state index in [-0.39, 0.29) is 22.2 Å². The van der Waals surface area contributed by atoms with Crippen molar-refractivity contribution in [1.29, 1.82) is 0 Å². The van der Waals surface area contributed by atoms with Crippen LogP contribution in [-0.2, 0) is 4.79 Å². The van der Waals surface area contributed by atoms with Crippen LogP contribution in [0.3, 0.4) is 0 Å². The van der Waals surface area contributed by atoms with Crippen LogP contribution in [-0.4, -0.2) is 28.0 Å². The molecule has 0 fully saturated rings. The number of thioether (sulfide) groups is 1. The molecule has 8 nitrogen and oxygen atoms in total. The van der Waals surface area contributed by atoms with Crippen LogP contribution in [0.1, 0.15) is 21.5 Å². The first-order valence-electron chi connectivity index (χ1n) is 8.32. The maximum absolute atomic E-state index is 12.3. The Morgan fingerprint density at radius 1 is 1.18 bits per heavy atom. The highest BCUT2D eigenvalue weighted by molar-refractivity contribution is 7.99. The smallest absolute Gasteiger partial charge is 0.442 e. The molecule has 0 aliphatic heterocycles. The van der Waals surface area contributed by atoms with Gasteiger partial charge in [0.05, 0.1) is 11.3 Å². The highest BCUT2D eigenvalue weighted by atomic mass is 32.2. The molecule has 0 saturated heterocycles. The summed E-state index contributed by atoms with van der Waals surface area (Å²) in [5.74, 6) is -1.49. The molecule has 1 heterocycles. The van der Waals surface area contributed by atoms with Gasteiger partial charge in [-0.05, 0) is 53.3 Å². The van der Waals surface area contributed by atoms with Gasteiger partial charge in [-0.15, -0.1) is 0 Å². The third-order valence-electron chi connectivity index (χ3n) is 4.00. The van der Waals surface area contributed by atoms with Crippen LogP contribution in [0.4, 0.5) is 5.69 Å². The van der Waals surface area contributed by atoms with Gasteiger partial charge in [0.2, 0.25) is 11.6 Å². The molecule has 28 heavy (non-hydrogen) atoms. The van der Waals surface area contributed by atoms with E-state index in [4.69, 9.17) is 9.63 Å². The summed E-state index contributed by atoms with van der Waals surface area (Å²) >= 11 is 1.02. The minimum absolute atomic E-state index is 0.0504. The van der Waals surface area contributed by atoms with Gasteiger partial charge in [0.25, 0.3) is 0 Å². The molecule has 0 bridgehead atoms. The molecule has 9 heteroatoms. The molecule has 0 aliphatic rings. The number of nitrogens with one attached hydrogen (secondary N) is 2. The fourth-order valence-electron chi connectivity index (χ4n) is 2.46. The lowest BCUT2D eigenvalue weighted by Gasteiger charge is -2.08. The lowest BCUT2D eigenvalue weighted by Crippen LogP contribution is -2.36. The van der Waals surface area contributed by atoms with Crippen LogP contribution < -0.4 is 15.6 Å².